The predicted molar refractivity (Wildman–Crippen MR) is 119 cm³/mol. The molecule has 0 saturated carbocycles. The SMILES string of the molecule is O=S(=O)(Nc1nc2ccccc2nc1N1CCCc2ccccc21)c1ccccc1. The Morgan fingerprint density at radius 1 is 0.800 bits per heavy atom. The van der Waals surface area contributed by atoms with Crippen LogP contribution in [-0.4, -0.2) is 24.9 Å². The summed E-state index contributed by atoms with van der Waals surface area (Å²) in [6.45, 7) is 0.740. The summed E-state index contributed by atoms with van der Waals surface area (Å²) < 4.78 is 28.7. The van der Waals surface area contributed by atoms with Gasteiger partial charge in [0.25, 0.3) is 10.0 Å². The van der Waals surface area contributed by atoms with Gasteiger partial charge in [-0.2, -0.15) is 0 Å². The molecule has 1 aliphatic heterocycles. The van der Waals surface area contributed by atoms with Crippen LogP contribution in [0.4, 0.5) is 17.3 Å². The molecule has 5 rings (SSSR count). The first-order valence-electron chi connectivity index (χ1n) is 9.82. The maximum atomic E-state index is 13.0. The number of aromatic nitrogens is 2. The summed E-state index contributed by atoms with van der Waals surface area (Å²) >= 11 is 0. The van der Waals surface area contributed by atoms with Crippen molar-refractivity contribution in [1.82, 2.24) is 9.97 Å². The average Bonchev–Trinajstić information content (AvgIpc) is 2.79. The van der Waals surface area contributed by atoms with Crippen LogP contribution in [0.5, 0.6) is 0 Å². The van der Waals surface area contributed by atoms with E-state index in [0.717, 1.165) is 30.6 Å². The third kappa shape index (κ3) is 3.37. The molecule has 7 heteroatoms. The second kappa shape index (κ2) is 7.42. The number of sulfonamides is 1. The summed E-state index contributed by atoms with van der Waals surface area (Å²) in [6.07, 6.45) is 1.94. The summed E-state index contributed by atoms with van der Waals surface area (Å²) in [5, 5.41) is 0. The van der Waals surface area contributed by atoms with E-state index in [1.54, 1.807) is 30.3 Å². The molecule has 0 amide bonds. The molecule has 1 N–H and O–H groups in total. The summed E-state index contributed by atoms with van der Waals surface area (Å²) in [4.78, 5) is 11.7. The largest absolute Gasteiger partial charge is 0.323 e. The molecule has 2 heterocycles. The normalized spacial score (nSPS) is 13.8. The molecule has 0 aliphatic carbocycles. The Morgan fingerprint density at radius 3 is 2.27 bits per heavy atom. The van der Waals surface area contributed by atoms with Crippen molar-refractivity contribution in [3.63, 3.8) is 0 Å². The van der Waals surface area contributed by atoms with Crippen molar-refractivity contribution >= 4 is 38.4 Å². The van der Waals surface area contributed by atoms with Crippen molar-refractivity contribution in [2.45, 2.75) is 17.7 Å². The highest BCUT2D eigenvalue weighted by molar-refractivity contribution is 7.92. The molecule has 6 nitrogen and oxygen atoms in total. The molecule has 1 aromatic heterocycles. The maximum absolute atomic E-state index is 13.0. The van der Waals surface area contributed by atoms with Gasteiger partial charge in [-0.25, -0.2) is 18.4 Å². The number of aryl methyl sites for hydroxylation is 1. The molecule has 0 unspecified atom stereocenters. The number of nitrogens with zero attached hydrogens (tertiary/aromatic N) is 3. The molecule has 0 fully saturated rings. The zero-order valence-corrected chi connectivity index (χ0v) is 17.0. The Kier molecular flexibility index (Phi) is 4.59. The van der Waals surface area contributed by atoms with Gasteiger partial charge in [-0.1, -0.05) is 48.5 Å². The van der Waals surface area contributed by atoms with Crippen LogP contribution in [0.1, 0.15) is 12.0 Å². The molecular formula is C23H20N4O2S. The van der Waals surface area contributed by atoms with E-state index in [1.807, 2.05) is 42.5 Å². The lowest BCUT2D eigenvalue weighted by Gasteiger charge is -2.31. The van der Waals surface area contributed by atoms with Crippen molar-refractivity contribution in [1.29, 1.82) is 0 Å². The van der Waals surface area contributed by atoms with Crippen LogP contribution in [0, 0.1) is 0 Å². The van der Waals surface area contributed by atoms with Crippen molar-refractivity contribution in [2.75, 3.05) is 16.2 Å². The molecule has 150 valence electrons. The molecule has 0 atom stereocenters. The van der Waals surface area contributed by atoms with E-state index in [-0.39, 0.29) is 10.7 Å². The standard InChI is InChI=1S/C23H20N4O2S/c28-30(29,18-11-2-1-3-12-18)26-22-23(25-20-14-6-5-13-19(20)24-22)27-16-8-10-17-9-4-7-15-21(17)27/h1-7,9,11-15H,8,10,16H2,(H,24,26). The zero-order chi connectivity index (χ0) is 20.6. The summed E-state index contributed by atoms with van der Waals surface area (Å²) in [6, 6.07) is 23.9. The first-order valence-corrected chi connectivity index (χ1v) is 11.3. The molecule has 30 heavy (non-hydrogen) atoms. The maximum Gasteiger partial charge on any atom is 0.263 e. The molecule has 0 radical (unpaired) electrons. The number of rotatable bonds is 4. The molecule has 3 aromatic carbocycles. The monoisotopic (exact) mass is 416 g/mol. The first kappa shape index (κ1) is 18.6. The predicted octanol–water partition coefficient (Wildman–Crippen LogP) is 4.51. The zero-order valence-electron chi connectivity index (χ0n) is 16.2. The number of hydrogen-bond acceptors (Lipinski definition) is 5. The van der Waals surface area contributed by atoms with Gasteiger partial charge in [0.15, 0.2) is 11.6 Å². The minimum atomic E-state index is -3.80. The van der Waals surface area contributed by atoms with Gasteiger partial charge in [-0.15, -0.1) is 0 Å². The lowest BCUT2D eigenvalue weighted by atomic mass is 10.0. The van der Waals surface area contributed by atoms with Crippen molar-refractivity contribution < 1.29 is 8.42 Å². The van der Waals surface area contributed by atoms with E-state index < -0.39 is 10.0 Å². The molecule has 0 saturated heterocycles. The Labute approximate surface area is 175 Å². The Hall–Kier alpha value is -3.45. The van der Waals surface area contributed by atoms with Gasteiger partial charge in [0.05, 0.1) is 15.9 Å². The fourth-order valence-corrected chi connectivity index (χ4v) is 4.81. The molecule has 0 bridgehead atoms. The van der Waals surface area contributed by atoms with Crippen LogP contribution in [-0.2, 0) is 16.4 Å². The van der Waals surface area contributed by atoms with Gasteiger partial charge >= 0.3 is 0 Å². The number of benzene rings is 3. The summed E-state index contributed by atoms with van der Waals surface area (Å²) in [7, 11) is -3.80. The van der Waals surface area contributed by atoms with Crippen molar-refractivity contribution in [3.8, 4) is 0 Å². The Balaban J connectivity index is 1.67. The first-order chi connectivity index (χ1) is 14.6. The number of hydrogen-bond donors (Lipinski definition) is 1. The van der Waals surface area contributed by atoms with Crippen molar-refractivity contribution in [3.05, 3.63) is 84.4 Å². The molecular weight excluding hydrogens is 396 g/mol. The second-order valence-corrected chi connectivity index (χ2v) is 8.87. The third-order valence-electron chi connectivity index (χ3n) is 5.20. The van der Waals surface area contributed by atoms with E-state index in [4.69, 9.17) is 4.98 Å². The van der Waals surface area contributed by atoms with Gasteiger partial charge in [-0.05, 0) is 48.7 Å². The van der Waals surface area contributed by atoms with Gasteiger partial charge in [0.1, 0.15) is 0 Å². The molecule has 0 spiro atoms. The highest BCUT2D eigenvalue weighted by Crippen LogP contribution is 2.37. The fourth-order valence-electron chi connectivity index (χ4n) is 3.79. The minimum absolute atomic E-state index is 0.185. The smallest absolute Gasteiger partial charge is 0.263 e. The topological polar surface area (TPSA) is 75.2 Å². The van der Waals surface area contributed by atoms with Crippen LogP contribution in [0.25, 0.3) is 11.0 Å². The van der Waals surface area contributed by atoms with Crippen LogP contribution in [0.15, 0.2) is 83.8 Å². The van der Waals surface area contributed by atoms with E-state index in [0.29, 0.717) is 11.3 Å². The van der Waals surface area contributed by atoms with Gasteiger partial charge in [0, 0.05) is 12.2 Å². The highest BCUT2D eigenvalue weighted by Gasteiger charge is 2.25. The van der Waals surface area contributed by atoms with Gasteiger partial charge in [-0.3, -0.25) is 4.72 Å². The fraction of sp³-hybridized carbons (Fsp3) is 0.130. The number of anilines is 3. The average molecular weight is 417 g/mol. The lowest BCUT2D eigenvalue weighted by Crippen LogP contribution is -2.27. The Morgan fingerprint density at radius 2 is 1.47 bits per heavy atom. The third-order valence-corrected chi connectivity index (χ3v) is 6.56. The van der Waals surface area contributed by atoms with Crippen LogP contribution in [0.3, 0.4) is 0 Å². The van der Waals surface area contributed by atoms with Gasteiger partial charge in [0.2, 0.25) is 0 Å². The van der Waals surface area contributed by atoms with Gasteiger partial charge < -0.3 is 4.90 Å². The number of nitrogens with one attached hydrogen (secondary N) is 1. The number of fused-ring (bicyclic) bond motifs is 2. The molecule has 4 aromatic rings. The lowest BCUT2D eigenvalue weighted by molar-refractivity contribution is 0.601. The van der Waals surface area contributed by atoms with Crippen molar-refractivity contribution in [2.24, 2.45) is 0 Å². The summed E-state index contributed by atoms with van der Waals surface area (Å²) in [5.74, 6) is 0.745. The second-order valence-electron chi connectivity index (χ2n) is 7.19. The van der Waals surface area contributed by atoms with E-state index in [1.165, 1.54) is 5.56 Å². The van der Waals surface area contributed by atoms with E-state index in [9.17, 15) is 8.42 Å². The minimum Gasteiger partial charge on any atom is -0.323 e. The highest BCUT2D eigenvalue weighted by atomic mass is 32.2. The van der Waals surface area contributed by atoms with Crippen LogP contribution in [0.2, 0.25) is 0 Å². The molecule has 1 aliphatic rings. The summed E-state index contributed by atoms with van der Waals surface area (Å²) in [5.41, 5.74) is 3.61. The van der Waals surface area contributed by atoms with Crippen LogP contribution >= 0.6 is 0 Å². The number of para-hydroxylation sites is 3. The van der Waals surface area contributed by atoms with Crippen LogP contribution < -0.4 is 9.62 Å². The Bertz CT molecular complexity index is 1320. The quantitative estimate of drug-likeness (QED) is 0.530. The van der Waals surface area contributed by atoms with E-state index >= 15 is 0 Å². The van der Waals surface area contributed by atoms with E-state index in [2.05, 4.69) is 20.7 Å².